The molecule has 1 saturated heterocycles. The predicted octanol–water partition coefficient (Wildman–Crippen LogP) is 3.10. The molecule has 0 bridgehead atoms. The topological polar surface area (TPSA) is 32.3 Å². The van der Waals surface area contributed by atoms with E-state index in [1.807, 2.05) is 24.3 Å². The molecule has 1 aliphatic rings. The van der Waals surface area contributed by atoms with Crippen molar-refractivity contribution < 1.29 is 4.79 Å². The maximum atomic E-state index is 12.0. The fraction of sp³-hybridized carbons (Fsp3) is 0.500. The van der Waals surface area contributed by atoms with Gasteiger partial charge in [-0.1, -0.05) is 12.5 Å². The van der Waals surface area contributed by atoms with Gasteiger partial charge in [0.1, 0.15) is 0 Å². The number of carbonyl (C=O) groups excluding carboxylic acids is 1. The number of benzene rings is 1. The zero-order chi connectivity index (χ0) is 13.0. The number of carbonyl (C=O) groups is 1. The molecular formula is C14H19IN2O. The lowest BCUT2D eigenvalue weighted by molar-refractivity contribution is -0.118. The molecule has 1 aromatic rings. The van der Waals surface area contributed by atoms with E-state index in [1.165, 1.54) is 19.3 Å². The van der Waals surface area contributed by atoms with Crippen molar-refractivity contribution in [3.05, 3.63) is 27.8 Å². The molecule has 0 saturated carbocycles. The zero-order valence-corrected chi connectivity index (χ0v) is 12.8. The Hall–Kier alpha value is -0.620. The van der Waals surface area contributed by atoms with Crippen molar-refractivity contribution in [2.45, 2.75) is 32.2 Å². The normalized spacial score (nSPS) is 20.7. The highest BCUT2D eigenvalue weighted by Gasteiger charge is 2.20. The number of nitrogens with zero attached hydrogens (tertiary/aromatic N) is 1. The fourth-order valence-electron chi connectivity index (χ4n) is 2.34. The van der Waals surface area contributed by atoms with Crippen LogP contribution >= 0.6 is 22.6 Å². The summed E-state index contributed by atoms with van der Waals surface area (Å²) in [5, 5.41) is 2.97. The summed E-state index contributed by atoms with van der Waals surface area (Å²) in [6.45, 7) is 3.76. The van der Waals surface area contributed by atoms with Gasteiger partial charge in [-0.05, 0) is 67.1 Å². The smallest absolute Gasteiger partial charge is 0.238 e. The largest absolute Gasteiger partial charge is 0.325 e. The van der Waals surface area contributed by atoms with Gasteiger partial charge < -0.3 is 5.32 Å². The monoisotopic (exact) mass is 358 g/mol. The maximum Gasteiger partial charge on any atom is 0.238 e. The Balaban J connectivity index is 1.88. The molecule has 1 heterocycles. The first-order valence-corrected chi connectivity index (χ1v) is 7.52. The van der Waals surface area contributed by atoms with E-state index < -0.39 is 0 Å². The minimum Gasteiger partial charge on any atom is -0.325 e. The number of hydrogen-bond acceptors (Lipinski definition) is 2. The number of amides is 1. The van der Waals surface area contributed by atoms with Crippen LogP contribution in [0.2, 0.25) is 0 Å². The Morgan fingerprint density at radius 2 is 2.33 bits per heavy atom. The molecule has 4 heteroatoms. The molecule has 2 rings (SSSR count). The zero-order valence-electron chi connectivity index (χ0n) is 10.7. The summed E-state index contributed by atoms with van der Waals surface area (Å²) in [6.07, 6.45) is 3.70. The Labute approximate surface area is 122 Å². The van der Waals surface area contributed by atoms with Crippen LogP contribution in [0.4, 0.5) is 5.69 Å². The van der Waals surface area contributed by atoms with Crippen molar-refractivity contribution in [3.63, 3.8) is 0 Å². The van der Waals surface area contributed by atoms with E-state index in [-0.39, 0.29) is 5.91 Å². The van der Waals surface area contributed by atoms with Crippen LogP contribution in [0.1, 0.15) is 26.2 Å². The molecule has 1 amide bonds. The standard InChI is InChI=1S/C14H19IN2O/c1-11-5-2-3-8-17(11)10-14(18)16-13-7-4-6-12(15)9-13/h4,6-7,9,11H,2-3,5,8,10H2,1H3,(H,16,18). The van der Waals surface area contributed by atoms with Crippen LogP contribution < -0.4 is 5.32 Å². The van der Waals surface area contributed by atoms with E-state index in [4.69, 9.17) is 0 Å². The lowest BCUT2D eigenvalue weighted by Gasteiger charge is -2.32. The van der Waals surface area contributed by atoms with E-state index >= 15 is 0 Å². The van der Waals surface area contributed by atoms with Crippen molar-refractivity contribution in [1.29, 1.82) is 0 Å². The van der Waals surface area contributed by atoms with Gasteiger partial charge >= 0.3 is 0 Å². The van der Waals surface area contributed by atoms with Crippen LogP contribution in [0.15, 0.2) is 24.3 Å². The number of likely N-dealkylation sites (tertiary alicyclic amines) is 1. The summed E-state index contributed by atoms with van der Waals surface area (Å²) >= 11 is 2.25. The van der Waals surface area contributed by atoms with Crippen LogP contribution in [0.5, 0.6) is 0 Å². The number of nitrogens with one attached hydrogen (secondary N) is 1. The molecule has 1 N–H and O–H groups in total. The van der Waals surface area contributed by atoms with Gasteiger partial charge in [-0.15, -0.1) is 0 Å². The summed E-state index contributed by atoms with van der Waals surface area (Å²) in [5.74, 6) is 0.0887. The Bertz CT molecular complexity index is 422. The van der Waals surface area contributed by atoms with E-state index in [0.29, 0.717) is 12.6 Å². The molecule has 1 fully saturated rings. The first-order chi connectivity index (χ1) is 8.65. The Morgan fingerprint density at radius 1 is 1.50 bits per heavy atom. The van der Waals surface area contributed by atoms with E-state index in [2.05, 4.69) is 39.7 Å². The van der Waals surface area contributed by atoms with Gasteiger partial charge in [-0.2, -0.15) is 0 Å². The molecule has 0 aliphatic carbocycles. The third kappa shape index (κ3) is 3.95. The highest BCUT2D eigenvalue weighted by atomic mass is 127. The average molecular weight is 358 g/mol. The quantitative estimate of drug-likeness (QED) is 0.843. The van der Waals surface area contributed by atoms with Gasteiger partial charge in [0.25, 0.3) is 0 Å². The summed E-state index contributed by atoms with van der Waals surface area (Å²) in [7, 11) is 0. The highest BCUT2D eigenvalue weighted by Crippen LogP contribution is 2.16. The molecule has 0 radical (unpaired) electrons. The van der Waals surface area contributed by atoms with Gasteiger partial charge in [-0.25, -0.2) is 0 Å². The summed E-state index contributed by atoms with van der Waals surface area (Å²) in [5.41, 5.74) is 0.886. The number of rotatable bonds is 3. The van der Waals surface area contributed by atoms with Crippen LogP contribution in [0.3, 0.4) is 0 Å². The molecule has 98 valence electrons. The van der Waals surface area contributed by atoms with Crippen LogP contribution in [-0.4, -0.2) is 29.9 Å². The lowest BCUT2D eigenvalue weighted by Crippen LogP contribution is -2.42. The molecule has 1 unspecified atom stereocenters. The first-order valence-electron chi connectivity index (χ1n) is 6.44. The second kappa shape index (κ2) is 6.52. The van der Waals surface area contributed by atoms with Gasteiger partial charge in [0.05, 0.1) is 6.54 Å². The summed E-state index contributed by atoms with van der Waals surface area (Å²) < 4.78 is 1.14. The molecule has 0 spiro atoms. The summed E-state index contributed by atoms with van der Waals surface area (Å²) in [6, 6.07) is 8.42. The van der Waals surface area contributed by atoms with Crippen LogP contribution in [0.25, 0.3) is 0 Å². The third-order valence-electron chi connectivity index (χ3n) is 3.40. The molecular weight excluding hydrogens is 339 g/mol. The molecule has 0 aromatic heterocycles. The summed E-state index contributed by atoms with van der Waals surface area (Å²) in [4.78, 5) is 14.3. The predicted molar refractivity (Wildman–Crippen MR) is 82.7 cm³/mol. The number of anilines is 1. The van der Waals surface area contributed by atoms with Gasteiger partial charge in [0.2, 0.25) is 5.91 Å². The van der Waals surface area contributed by atoms with Crippen molar-refractivity contribution in [2.75, 3.05) is 18.4 Å². The van der Waals surface area contributed by atoms with Crippen LogP contribution in [0, 0.1) is 3.57 Å². The fourth-order valence-corrected chi connectivity index (χ4v) is 2.89. The Morgan fingerprint density at radius 3 is 3.06 bits per heavy atom. The van der Waals surface area contributed by atoms with Gasteiger partial charge in [0, 0.05) is 15.3 Å². The first kappa shape index (κ1) is 13.8. The molecule has 18 heavy (non-hydrogen) atoms. The molecule has 1 aliphatic heterocycles. The lowest BCUT2D eigenvalue weighted by atomic mass is 10.0. The number of hydrogen-bond donors (Lipinski definition) is 1. The molecule has 1 atom stereocenters. The molecule has 1 aromatic carbocycles. The third-order valence-corrected chi connectivity index (χ3v) is 4.07. The minimum absolute atomic E-state index is 0.0887. The molecule has 3 nitrogen and oxygen atoms in total. The van der Waals surface area contributed by atoms with Crippen molar-refractivity contribution in [3.8, 4) is 0 Å². The van der Waals surface area contributed by atoms with Gasteiger partial charge in [0.15, 0.2) is 0 Å². The number of halogens is 1. The van der Waals surface area contributed by atoms with E-state index in [9.17, 15) is 4.79 Å². The van der Waals surface area contributed by atoms with Gasteiger partial charge in [-0.3, -0.25) is 9.69 Å². The second-order valence-corrected chi connectivity index (χ2v) is 6.12. The maximum absolute atomic E-state index is 12.0. The van der Waals surface area contributed by atoms with E-state index in [1.54, 1.807) is 0 Å². The van der Waals surface area contributed by atoms with Crippen molar-refractivity contribution >= 4 is 34.2 Å². The second-order valence-electron chi connectivity index (χ2n) is 4.87. The average Bonchev–Trinajstić information content (AvgIpc) is 2.32. The van der Waals surface area contributed by atoms with Crippen molar-refractivity contribution in [1.82, 2.24) is 4.90 Å². The van der Waals surface area contributed by atoms with Crippen LogP contribution in [-0.2, 0) is 4.79 Å². The highest BCUT2D eigenvalue weighted by molar-refractivity contribution is 14.1. The SMILES string of the molecule is CC1CCCCN1CC(=O)Nc1cccc(I)c1. The Kier molecular flexibility index (Phi) is 5.00. The van der Waals surface area contributed by atoms with E-state index in [0.717, 1.165) is 15.8 Å². The van der Waals surface area contributed by atoms with Crippen molar-refractivity contribution in [2.24, 2.45) is 0 Å². The number of piperidine rings is 1. The minimum atomic E-state index is 0.0887.